The average molecular weight is 288 g/mol. The summed E-state index contributed by atoms with van der Waals surface area (Å²) in [4.78, 5) is 0. The van der Waals surface area contributed by atoms with Crippen LogP contribution in [-0.4, -0.2) is 24.4 Å². The Balaban J connectivity index is 2.29. The Hall–Kier alpha value is -1.58. The van der Waals surface area contributed by atoms with Crippen molar-refractivity contribution in [2.24, 2.45) is 0 Å². The van der Waals surface area contributed by atoms with E-state index in [2.05, 4.69) is 0 Å². The second kappa shape index (κ2) is 6.46. The second-order valence-electron chi connectivity index (χ2n) is 5.94. The van der Waals surface area contributed by atoms with Gasteiger partial charge in [0.15, 0.2) is 0 Å². The highest BCUT2D eigenvalue weighted by atomic mass is 16.5. The van der Waals surface area contributed by atoms with Crippen molar-refractivity contribution in [2.75, 3.05) is 13.7 Å². The minimum Gasteiger partial charge on any atom is -0.492 e. The van der Waals surface area contributed by atoms with E-state index in [1.807, 2.05) is 50.2 Å². The molecule has 0 amide bonds. The van der Waals surface area contributed by atoms with E-state index in [0.717, 1.165) is 28.5 Å². The molecule has 0 fully saturated rings. The van der Waals surface area contributed by atoms with Gasteiger partial charge in [0.05, 0.1) is 18.3 Å². The van der Waals surface area contributed by atoms with E-state index in [-0.39, 0.29) is 5.60 Å². The van der Waals surface area contributed by atoms with Gasteiger partial charge in [0.2, 0.25) is 0 Å². The van der Waals surface area contributed by atoms with Gasteiger partial charge in [-0.2, -0.15) is 0 Å². The Morgan fingerprint density at radius 2 is 1.86 bits per heavy atom. The van der Waals surface area contributed by atoms with E-state index < -0.39 is 6.10 Å². The zero-order valence-electron chi connectivity index (χ0n) is 13.2. The van der Waals surface area contributed by atoms with Crippen molar-refractivity contribution >= 4 is 10.8 Å². The van der Waals surface area contributed by atoms with Crippen LogP contribution in [0.3, 0.4) is 0 Å². The summed E-state index contributed by atoms with van der Waals surface area (Å²) in [6.45, 7) is 6.38. The Morgan fingerprint density at radius 3 is 2.52 bits per heavy atom. The van der Waals surface area contributed by atoms with Crippen molar-refractivity contribution < 1.29 is 14.6 Å². The topological polar surface area (TPSA) is 38.7 Å². The maximum atomic E-state index is 9.96. The number of aliphatic hydroxyl groups excluding tert-OH is 1. The zero-order valence-corrected chi connectivity index (χ0v) is 13.2. The highest BCUT2D eigenvalue weighted by molar-refractivity contribution is 5.89. The molecule has 0 aliphatic carbocycles. The first-order chi connectivity index (χ1) is 9.94. The van der Waals surface area contributed by atoms with Gasteiger partial charge in [-0.25, -0.2) is 0 Å². The maximum absolute atomic E-state index is 9.96. The number of hydrogen-bond donors (Lipinski definition) is 1. The van der Waals surface area contributed by atoms with Gasteiger partial charge in [-0.05, 0) is 26.2 Å². The van der Waals surface area contributed by atoms with E-state index in [4.69, 9.17) is 9.47 Å². The first-order valence-corrected chi connectivity index (χ1v) is 7.32. The van der Waals surface area contributed by atoms with E-state index >= 15 is 0 Å². The fourth-order valence-corrected chi connectivity index (χ4v) is 2.25. The zero-order chi connectivity index (χ0) is 15.5. The van der Waals surface area contributed by atoms with Crippen molar-refractivity contribution in [3.05, 3.63) is 42.0 Å². The van der Waals surface area contributed by atoms with Crippen LogP contribution in [0.15, 0.2) is 36.4 Å². The third kappa shape index (κ3) is 3.74. The lowest BCUT2D eigenvalue weighted by atomic mass is 10.0. The summed E-state index contributed by atoms with van der Waals surface area (Å²) in [7, 11) is 1.71. The largest absolute Gasteiger partial charge is 0.492 e. The molecule has 1 atom stereocenters. The lowest BCUT2D eigenvalue weighted by molar-refractivity contribution is 0.00536. The lowest BCUT2D eigenvalue weighted by Crippen LogP contribution is -2.25. The van der Waals surface area contributed by atoms with Crippen LogP contribution < -0.4 is 4.74 Å². The Bertz CT molecular complexity index is 602. The van der Waals surface area contributed by atoms with Crippen molar-refractivity contribution in [1.29, 1.82) is 0 Å². The van der Waals surface area contributed by atoms with Gasteiger partial charge in [0, 0.05) is 24.5 Å². The molecule has 1 unspecified atom stereocenters. The third-order valence-corrected chi connectivity index (χ3v) is 3.86. The highest BCUT2D eigenvalue weighted by Gasteiger charge is 2.18. The fourth-order valence-electron chi connectivity index (χ4n) is 2.25. The first kappa shape index (κ1) is 15.8. The van der Waals surface area contributed by atoms with Crippen molar-refractivity contribution in [3.63, 3.8) is 0 Å². The van der Waals surface area contributed by atoms with Gasteiger partial charge >= 0.3 is 0 Å². The molecule has 0 bridgehead atoms. The predicted molar refractivity (Wildman–Crippen MR) is 85.8 cm³/mol. The summed E-state index contributed by atoms with van der Waals surface area (Å²) in [5.41, 5.74) is 0.610. The summed E-state index contributed by atoms with van der Waals surface area (Å²) >= 11 is 0. The number of rotatable bonds is 6. The Kier molecular flexibility index (Phi) is 4.86. The molecular weight excluding hydrogens is 264 g/mol. The fraction of sp³-hybridized carbons (Fsp3) is 0.444. The summed E-state index contributed by atoms with van der Waals surface area (Å²) in [5.74, 6) is 0.773. The minimum atomic E-state index is -0.556. The van der Waals surface area contributed by atoms with Crippen LogP contribution in [0.2, 0.25) is 0 Å². The maximum Gasteiger partial charge on any atom is 0.132 e. The van der Waals surface area contributed by atoms with Crippen LogP contribution in [0, 0.1) is 0 Å². The molecule has 0 aliphatic heterocycles. The van der Waals surface area contributed by atoms with E-state index in [1.165, 1.54) is 0 Å². The number of methoxy groups -OCH3 is 1. The molecular formula is C18H24O3. The van der Waals surface area contributed by atoms with Crippen LogP contribution in [0.1, 0.15) is 38.9 Å². The molecule has 2 aromatic rings. The summed E-state index contributed by atoms with van der Waals surface area (Å²) < 4.78 is 11.4. The van der Waals surface area contributed by atoms with E-state index in [1.54, 1.807) is 14.0 Å². The number of hydrogen-bond acceptors (Lipinski definition) is 3. The molecule has 0 heterocycles. The molecule has 2 rings (SSSR count). The summed E-state index contributed by atoms with van der Waals surface area (Å²) in [6.07, 6.45) is 0.228. The van der Waals surface area contributed by atoms with Crippen molar-refractivity contribution in [2.45, 2.75) is 38.9 Å². The van der Waals surface area contributed by atoms with E-state index in [9.17, 15) is 5.11 Å². The molecule has 0 aliphatic rings. The monoisotopic (exact) mass is 288 g/mol. The van der Waals surface area contributed by atoms with Gasteiger partial charge < -0.3 is 14.6 Å². The average Bonchev–Trinajstić information content (AvgIpc) is 2.47. The van der Waals surface area contributed by atoms with Crippen molar-refractivity contribution in [3.8, 4) is 5.75 Å². The molecule has 1 N–H and O–H groups in total. The van der Waals surface area contributed by atoms with Crippen molar-refractivity contribution in [1.82, 2.24) is 0 Å². The molecule has 0 spiro atoms. The van der Waals surface area contributed by atoms with Crippen LogP contribution in [0.5, 0.6) is 5.75 Å². The Morgan fingerprint density at radius 1 is 1.14 bits per heavy atom. The number of aliphatic hydroxyl groups is 1. The summed E-state index contributed by atoms with van der Waals surface area (Å²) in [6, 6.07) is 12.0. The predicted octanol–water partition coefficient (Wildman–Crippen LogP) is 4.09. The number of benzene rings is 2. The van der Waals surface area contributed by atoms with Crippen LogP contribution >= 0.6 is 0 Å². The van der Waals surface area contributed by atoms with Gasteiger partial charge in [-0.15, -0.1) is 0 Å². The molecule has 3 heteroatoms. The molecule has 114 valence electrons. The smallest absolute Gasteiger partial charge is 0.132 e. The lowest BCUT2D eigenvalue weighted by Gasteiger charge is -2.23. The third-order valence-electron chi connectivity index (χ3n) is 3.86. The molecule has 0 saturated heterocycles. The standard InChI is InChI=1S/C18H24O3/c1-13(19)15-10-9-14-7-5-6-8-16(14)17(15)21-12-11-18(2,3)20-4/h5-10,13,19H,11-12H2,1-4H3. The van der Waals surface area contributed by atoms with Crippen LogP contribution in [-0.2, 0) is 4.74 Å². The van der Waals surface area contributed by atoms with Crippen LogP contribution in [0.4, 0.5) is 0 Å². The van der Waals surface area contributed by atoms with Gasteiger partial charge in [-0.1, -0.05) is 36.4 Å². The highest BCUT2D eigenvalue weighted by Crippen LogP contribution is 2.34. The first-order valence-electron chi connectivity index (χ1n) is 7.32. The molecule has 2 aromatic carbocycles. The molecule has 0 saturated carbocycles. The Labute approximate surface area is 126 Å². The normalized spacial score (nSPS) is 13.4. The second-order valence-corrected chi connectivity index (χ2v) is 5.94. The molecule has 3 nitrogen and oxygen atoms in total. The van der Waals surface area contributed by atoms with Gasteiger partial charge in [0.1, 0.15) is 5.75 Å². The molecule has 0 radical (unpaired) electrons. The quantitative estimate of drug-likeness (QED) is 0.870. The van der Waals surface area contributed by atoms with Gasteiger partial charge in [0.25, 0.3) is 0 Å². The minimum absolute atomic E-state index is 0.213. The SMILES string of the molecule is COC(C)(C)CCOc1c(C(C)O)ccc2ccccc12. The number of ether oxygens (including phenoxy) is 2. The summed E-state index contributed by atoms with van der Waals surface area (Å²) in [5, 5.41) is 12.1. The number of fused-ring (bicyclic) bond motifs is 1. The van der Waals surface area contributed by atoms with Crippen LogP contribution in [0.25, 0.3) is 10.8 Å². The van der Waals surface area contributed by atoms with Gasteiger partial charge in [-0.3, -0.25) is 0 Å². The molecule has 0 aromatic heterocycles. The van der Waals surface area contributed by atoms with E-state index in [0.29, 0.717) is 6.61 Å². The molecule has 21 heavy (non-hydrogen) atoms.